The van der Waals surface area contributed by atoms with Gasteiger partial charge in [-0.1, -0.05) is 28.1 Å². The molecule has 0 saturated heterocycles. The molecular formula is C12H10BrN5O. The zero-order valence-corrected chi connectivity index (χ0v) is 11.4. The number of aromatic amines is 1. The fourth-order valence-corrected chi connectivity index (χ4v) is 1.92. The van der Waals surface area contributed by atoms with Gasteiger partial charge in [-0.3, -0.25) is 0 Å². The number of halogens is 1. The van der Waals surface area contributed by atoms with Crippen molar-refractivity contribution in [2.45, 2.75) is 6.61 Å². The molecule has 2 heterocycles. The zero-order valence-electron chi connectivity index (χ0n) is 9.80. The molecule has 3 rings (SSSR count). The molecule has 1 aromatic carbocycles. The summed E-state index contributed by atoms with van der Waals surface area (Å²) in [4.78, 5) is 15.0. The molecule has 2 aromatic heterocycles. The summed E-state index contributed by atoms with van der Waals surface area (Å²) in [6, 6.07) is 7.86. The number of H-pyrrole nitrogens is 1. The number of imidazole rings is 1. The lowest BCUT2D eigenvalue weighted by Gasteiger charge is -2.06. The minimum atomic E-state index is 0.144. The summed E-state index contributed by atoms with van der Waals surface area (Å²) in [7, 11) is 0. The molecule has 0 spiro atoms. The van der Waals surface area contributed by atoms with Crippen LogP contribution in [0.5, 0.6) is 5.88 Å². The van der Waals surface area contributed by atoms with E-state index in [0.29, 0.717) is 23.7 Å². The zero-order chi connectivity index (χ0) is 13.2. The van der Waals surface area contributed by atoms with Gasteiger partial charge < -0.3 is 15.5 Å². The normalized spacial score (nSPS) is 10.8. The number of hydrogen-bond acceptors (Lipinski definition) is 5. The Kier molecular flexibility index (Phi) is 3.04. The number of ether oxygens (including phenoxy) is 1. The Hall–Kier alpha value is -2.15. The maximum Gasteiger partial charge on any atom is 0.245 e. The molecule has 96 valence electrons. The molecule has 3 N–H and O–H groups in total. The predicted octanol–water partition coefficient (Wildman–Crippen LogP) is 2.28. The van der Waals surface area contributed by atoms with Crippen LogP contribution < -0.4 is 10.5 Å². The van der Waals surface area contributed by atoms with E-state index in [1.54, 1.807) is 0 Å². The highest BCUT2D eigenvalue weighted by Gasteiger charge is 2.09. The van der Waals surface area contributed by atoms with E-state index >= 15 is 0 Å². The van der Waals surface area contributed by atoms with Crippen molar-refractivity contribution >= 4 is 33.0 Å². The summed E-state index contributed by atoms with van der Waals surface area (Å²) < 4.78 is 6.69. The van der Waals surface area contributed by atoms with Gasteiger partial charge in [-0.25, -0.2) is 4.98 Å². The Balaban J connectivity index is 1.85. The summed E-state index contributed by atoms with van der Waals surface area (Å²) in [6.45, 7) is 0.401. The Morgan fingerprint density at radius 1 is 1.21 bits per heavy atom. The Morgan fingerprint density at radius 3 is 2.79 bits per heavy atom. The lowest BCUT2D eigenvalue weighted by atomic mass is 10.2. The van der Waals surface area contributed by atoms with Gasteiger partial charge in [-0.15, -0.1) is 0 Å². The second-order valence-corrected chi connectivity index (χ2v) is 4.82. The Morgan fingerprint density at radius 2 is 2.00 bits per heavy atom. The van der Waals surface area contributed by atoms with Crippen LogP contribution >= 0.6 is 15.9 Å². The molecule has 0 bridgehead atoms. The van der Waals surface area contributed by atoms with E-state index in [1.807, 2.05) is 24.3 Å². The number of nitrogens with two attached hydrogens (primary N) is 1. The van der Waals surface area contributed by atoms with Gasteiger partial charge >= 0.3 is 0 Å². The lowest BCUT2D eigenvalue weighted by Crippen LogP contribution is -2.02. The van der Waals surface area contributed by atoms with Gasteiger partial charge in [0.05, 0.1) is 6.33 Å². The highest BCUT2D eigenvalue weighted by molar-refractivity contribution is 9.10. The van der Waals surface area contributed by atoms with Crippen LogP contribution in [0.2, 0.25) is 0 Å². The molecule has 7 heteroatoms. The van der Waals surface area contributed by atoms with Crippen LogP contribution in [0.25, 0.3) is 11.2 Å². The molecule has 0 aliphatic heterocycles. The van der Waals surface area contributed by atoms with Crippen LogP contribution in [-0.2, 0) is 6.61 Å². The average Bonchev–Trinajstić information content (AvgIpc) is 2.85. The molecule has 3 aromatic rings. The minimum Gasteiger partial charge on any atom is -0.471 e. The number of nitrogens with one attached hydrogen (secondary N) is 1. The third-order valence-electron chi connectivity index (χ3n) is 2.56. The minimum absolute atomic E-state index is 0.144. The first kappa shape index (κ1) is 11.9. The van der Waals surface area contributed by atoms with E-state index in [2.05, 4.69) is 35.9 Å². The number of rotatable bonds is 3. The van der Waals surface area contributed by atoms with Crippen molar-refractivity contribution in [3.63, 3.8) is 0 Å². The van der Waals surface area contributed by atoms with Crippen LogP contribution in [0.3, 0.4) is 0 Å². The SMILES string of the molecule is Nc1nc(OCc2ccc(Br)cc2)c2[nH]cnc2n1. The van der Waals surface area contributed by atoms with Gasteiger partial charge in [-0.05, 0) is 17.7 Å². The number of anilines is 1. The number of benzene rings is 1. The molecule has 0 radical (unpaired) electrons. The Labute approximate surface area is 117 Å². The van der Waals surface area contributed by atoms with Gasteiger partial charge in [0, 0.05) is 4.47 Å². The number of fused-ring (bicyclic) bond motifs is 1. The third-order valence-corrected chi connectivity index (χ3v) is 3.09. The molecule has 0 unspecified atom stereocenters. The van der Waals surface area contributed by atoms with Gasteiger partial charge in [0.2, 0.25) is 11.8 Å². The molecule has 0 aliphatic carbocycles. The van der Waals surface area contributed by atoms with Crippen molar-refractivity contribution in [3.8, 4) is 5.88 Å². The van der Waals surface area contributed by atoms with Crippen molar-refractivity contribution in [3.05, 3.63) is 40.6 Å². The van der Waals surface area contributed by atoms with E-state index in [0.717, 1.165) is 10.0 Å². The molecule has 6 nitrogen and oxygen atoms in total. The summed E-state index contributed by atoms with van der Waals surface area (Å²) in [5.74, 6) is 0.549. The quantitative estimate of drug-likeness (QED) is 0.773. The summed E-state index contributed by atoms with van der Waals surface area (Å²) in [5, 5.41) is 0. The molecule has 0 aliphatic rings. The summed E-state index contributed by atoms with van der Waals surface area (Å²) in [6.07, 6.45) is 1.53. The van der Waals surface area contributed by atoms with Crippen molar-refractivity contribution in [1.29, 1.82) is 0 Å². The fourth-order valence-electron chi connectivity index (χ4n) is 1.66. The standard InChI is InChI=1S/C12H10BrN5O/c13-8-3-1-7(2-4-8)5-19-11-9-10(16-6-15-9)17-12(14)18-11/h1-4,6H,5H2,(H3,14,15,16,17,18). The summed E-state index contributed by atoms with van der Waals surface area (Å²) >= 11 is 3.39. The number of nitrogen functional groups attached to an aromatic ring is 1. The highest BCUT2D eigenvalue weighted by Crippen LogP contribution is 2.21. The predicted molar refractivity (Wildman–Crippen MR) is 74.6 cm³/mol. The molecule has 0 saturated carbocycles. The van der Waals surface area contributed by atoms with Gasteiger partial charge in [-0.2, -0.15) is 9.97 Å². The first-order chi connectivity index (χ1) is 9.22. The Bertz CT molecular complexity index is 710. The first-order valence-corrected chi connectivity index (χ1v) is 6.35. The van der Waals surface area contributed by atoms with E-state index in [9.17, 15) is 0 Å². The molecule has 19 heavy (non-hydrogen) atoms. The first-order valence-electron chi connectivity index (χ1n) is 5.56. The second-order valence-electron chi connectivity index (χ2n) is 3.90. The molecular weight excluding hydrogens is 310 g/mol. The highest BCUT2D eigenvalue weighted by atomic mass is 79.9. The largest absolute Gasteiger partial charge is 0.471 e. The topological polar surface area (TPSA) is 89.7 Å². The lowest BCUT2D eigenvalue weighted by molar-refractivity contribution is 0.297. The molecule has 0 amide bonds. The third kappa shape index (κ3) is 2.50. The number of hydrogen-bond donors (Lipinski definition) is 2. The molecule has 0 fully saturated rings. The monoisotopic (exact) mass is 319 g/mol. The van der Waals surface area contributed by atoms with E-state index in [-0.39, 0.29) is 5.95 Å². The van der Waals surface area contributed by atoms with Gasteiger partial charge in [0.15, 0.2) is 5.65 Å². The van der Waals surface area contributed by atoms with Crippen LogP contribution in [-0.4, -0.2) is 19.9 Å². The average molecular weight is 320 g/mol. The van der Waals surface area contributed by atoms with Crippen molar-refractivity contribution in [2.24, 2.45) is 0 Å². The maximum absolute atomic E-state index is 5.67. The van der Waals surface area contributed by atoms with Crippen molar-refractivity contribution in [1.82, 2.24) is 19.9 Å². The number of nitrogens with zero attached hydrogens (tertiary/aromatic N) is 3. The maximum atomic E-state index is 5.67. The summed E-state index contributed by atoms with van der Waals surface area (Å²) in [5.41, 5.74) is 7.79. The van der Waals surface area contributed by atoms with Crippen LogP contribution in [0, 0.1) is 0 Å². The van der Waals surface area contributed by atoms with E-state index < -0.39 is 0 Å². The van der Waals surface area contributed by atoms with E-state index in [1.165, 1.54) is 6.33 Å². The van der Waals surface area contributed by atoms with Crippen LogP contribution in [0.15, 0.2) is 35.1 Å². The van der Waals surface area contributed by atoms with Crippen LogP contribution in [0.1, 0.15) is 5.56 Å². The van der Waals surface area contributed by atoms with Gasteiger partial charge in [0.25, 0.3) is 0 Å². The van der Waals surface area contributed by atoms with E-state index in [4.69, 9.17) is 10.5 Å². The fraction of sp³-hybridized carbons (Fsp3) is 0.0833. The smallest absolute Gasteiger partial charge is 0.245 e. The number of aromatic nitrogens is 4. The van der Waals surface area contributed by atoms with Crippen molar-refractivity contribution < 1.29 is 4.74 Å². The second kappa shape index (κ2) is 4.85. The molecule has 0 atom stereocenters. The van der Waals surface area contributed by atoms with Gasteiger partial charge in [0.1, 0.15) is 12.1 Å². The van der Waals surface area contributed by atoms with Crippen LogP contribution in [0.4, 0.5) is 5.95 Å². The van der Waals surface area contributed by atoms with Crippen molar-refractivity contribution in [2.75, 3.05) is 5.73 Å².